The molecule has 9 nitrogen and oxygen atoms in total. The fourth-order valence-corrected chi connectivity index (χ4v) is 4.79. The van der Waals surface area contributed by atoms with Gasteiger partial charge in [0.1, 0.15) is 29.3 Å². The van der Waals surface area contributed by atoms with Crippen LogP contribution in [0.15, 0.2) is 54.6 Å². The quantitative estimate of drug-likeness (QED) is 0.246. The van der Waals surface area contributed by atoms with Crippen LogP contribution >= 0.6 is 12.6 Å². The fourth-order valence-electron chi connectivity index (χ4n) is 4.54. The summed E-state index contributed by atoms with van der Waals surface area (Å²) in [6.07, 6.45) is 0.859. The molecule has 3 rings (SSSR count). The second-order valence-electron chi connectivity index (χ2n) is 13.0. The maximum Gasteiger partial charge on any atom is 0.408 e. The van der Waals surface area contributed by atoms with Gasteiger partial charge in [0.05, 0.1) is 0 Å². The highest BCUT2D eigenvalue weighted by Crippen LogP contribution is 2.36. The predicted molar refractivity (Wildman–Crippen MR) is 169 cm³/mol. The third-order valence-electron chi connectivity index (χ3n) is 6.58. The number of thiol groups is 1. The van der Waals surface area contributed by atoms with Crippen LogP contribution < -0.4 is 10.6 Å². The Hall–Kier alpha value is -3.53. The summed E-state index contributed by atoms with van der Waals surface area (Å²) >= 11 is 4.34. The number of nitrogens with zero attached hydrogens (tertiary/aromatic N) is 1. The topological polar surface area (TPSA) is 114 Å². The maximum absolute atomic E-state index is 14.3. The molecule has 1 aliphatic carbocycles. The lowest BCUT2D eigenvalue weighted by Gasteiger charge is -2.35. The van der Waals surface area contributed by atoms with E-state index in [1.165, 1.54) is 4.90 Å². The summed E-state index contributed by atoms with van der Waals surface area (Å²) in [5.74, 6) is -1.55. The highest BCUT2D eigenvalue weighted by atomic mass is 32.1. The first kappa shape index (κ1) is 34.0. The average Bonchev–Trinajstić information content (AvgIpc) is 3.74. The van der Waals surface area contributed by atoms with Crippen molar-refractivity contribution < 1.29 is 28.7 Å². The second kappa shape index (κ2) is 14.3. The molecular weight excluding hydrogens is 566 g/mol. The van der Waals surface area contributed by atoms with Gasteiger partial charge in [0.15, 0.2) is 0 Å². The highest BCUT2D eigenvalue weighted by Gasteiger charge is 2.44. The minimum absolute atomic E-state index is 0.00191. The zero-order chi connectivity index (χ0) is 31.9. The Morgan fingerprint density at radius 1 is 0.860 bits per heavy atom. The third kappa shape index (κ3) is 10.6. The van der Waals surface area contributed by atoms with E-state index >= 15 is 0 Å². The number of ether oxygens (including phenoxy) is 2. The van der Waals surface area contributed by atoms with Crippen molar-refractivity contribution in [1.29, 1.82) is 0 Å². The van der Waals surface area contributed by atoms with E-state index in [2.05, 4.69) is 23.3 Å². The molecule has 3 amide bonds. The molecule has 234 valence electrons. The minimum Gasteiger partial charge on any atom is -0.458 e. The number of esters is 1. The fraction of sp³-hybridized carbons (Fsp3) is 0.515. The molecular formula is C33H45N3O6S. The van der Waals surface area contributed by atoms with Gasteiger partial charge in [-0.05, 0) is 72.4 Å². The first-order chi connectivity index (χ1) is 20.1. The number of benzene rings is 2. The van der Waals surface area contributed by atoms with Crippen LogP contribution in [0.2, 0.25) is 0 Å². The van der Waals surface area contributed by atoms with Crippen molar-refractivity contribution >= 4 is 36.5 Å². The molecule has 0 radical (unpaired) electrons. The largest absolute Gasteiger partial charge is 0.458 e. The molecule has 0 bridgehead atoms. The Labute approximate surface area is 260 Å². The van der Waals surface area contributed by atoms with Gasteiger partial charge >= 0.3 is 12.1 Å². The van der Waals surface area contributed by atoms with Gasteiger partial charge in [-0.25, -0.2) is 9.59 Å². The van der Waals surface area contributed by atoms with Crippen LogP contribution in [-0.2, 0) is 30.3 Å². The van der Waals surface area contributed by atoms with Crippen molar-refractivity contribution in [2.24, 2.45) is 0 Å². The molecule has 43 heavy (non-hydrogen) atoms. The van der Waals surface area contributed by atoms with Gasteiger partial charge in [0.2, 0.25) is 11.8 Å². The van der Waals surface area contributed by atoms with E-state index in [4.69, 9.17) is 9.47 Å². The highest BCUT2D eigenvalue weighted by molar-refractivity contribution is 7.80. The molecule has 0 spiro atoms. The van der Waals surface area contributed by atoms with Gasteiger partial charge < -0.3 is 25.0 Å². The van der Waals surface area contributed by atoms with Gasteiger partial charge in [0, 0.05) is 18.2 Å². The molecule has 0 saturated heterocycles. The molecule has 3 atom stereocenters. The molecule has 3 unspecified atom stereocenters. The summed E-state index contributed by atoms with van der Waals surface area (Å²) in [6.45, 7) is 12.4. The number of alkyl carbamates (subject to hydrolysis) is 1. The minimum atomic E-state index is -1.07. The first-order valence-electron chi connectivity index (χ1n) is 14.6. The maximum atomic E-state index is 14.3. The lowest BCUT2D eigenvalue weighted by atomic mass is 10.00. The van der Waals surface area contributed by atoms with Gasteiger partial charge in [-0.15, -0.1) is 0 Å². The molecule has 0 aromatic heterocycles. The summed E-state index contributed by atoms with van der Waals surface area (Å²) in [5.41, 5.74) is 0.891. The summed E-state index contributed by atoms with van der Waals surface area (Å²) in [4.78, 5) is 55.8. The average molecular weight is 612 g/mol. The van der Waals surface area contributed by atoms with E-state index in [0.717, 1.165) is 11.1 Å². The number of carbonyl (C=O) groups excluding carboxylic acids is 4. The van der Waals surface area contributed by atoms with Crippen LogP contribution in [0.25, 0.3) is 0 Å². The van der Waals surface area contributed by atoms with Gasteiger partial charge in [-0.2, -0.15) is 12.6 Å². The molecule has 2 N–H and O–H groups in total. The van der Waals surface area contributed by atoms with E-state index in [1.807, 2.05) is 49.4 Å². The number of carbonyl (C=O) groups is 4. The van der Waals surface area contributed by atoms with Crippen LogP contribution in [0.1, 0.15) is 77.1 Å². The molecule has 0 heterocycles. The van der Waals surface area contributed by atoms with Crippen LogP contribution in [0.4, 0.5) is 4.79 Å². The molecule has 2 aromatic rings. The molecule has 1 fully saturated rings. The second-order valence-corrected chi connectivity index (χ2v) is 13.3. The summed E-state index contributed by atoms with van der Waals surface area (Å²) in [6, 6.07) is 13.4. The standard InChI is InChI=1S/C33H45N3O6S/c1-21-13-15-23(16-14-21)27(36(24-17-18-24)29(38)26(20-43)35-31(40)42-33(5,6)7)28(37)34-25(30(39)41-32(2,3)4)19-22-11-9-8-10-12-22/h8-16,24-27,43H,17-20H2,1-7H3,(H,34,37)(H,35,40). The monoisotopic (exact) mass is 611 g/mol. The van der Waals surface area contributed by atoms with Crippen molar-refractivity contribution in [3.8, 4) is 0 Å². The van der Waals surface area contributed by atoms with Crippen molar-refractivity contribution in [2.75, 3.05) is 5.75 Å². The lowest BCUT2D eigenvalue weighted by molar-refractivity contribution is -0.159. The number of hydrogen-bond acceptors (Lipinski definition) is 7. The van der Waals surface area contributed by atoms with E-state index in [1.54, 1.807) is 53.7 Å². The Balaban J connectivity index is 1.98. The number of hydrogen-bond donors (Lipinski definition) is 3. The van der Waals surface area contributed by atoms with E-state index in [-0.39, 0.29) is 18.2 Å². The Morgan fingerprint density at radius 3 is 1.95 bits per heavy atom. The normalized spacial score (nSPS) is 15.4. The van der Waals surface area contributed by atoms with Gasteiger partial charge in [-0.1, -0.05) is 60.2 Å². The zero-order valence-electron chi connectivity index (χ0n) is 26.2. The van der Waals surface area contributed by atoms with Crippen molar-refractivity contribution in [3.63, 3.8) is 0 Å². The Kier molecular flexibility index (Phi) is 11.3. The van der Waals surface area contributed by atoms with Crippen LogP contribution in [-0.4, -0.2) is 63.9 Å². The summed E-state index contributed by atoms with van der Waals surface area (Å²) in [5, 5.41) is 5.53. The number of nitrogens with one attached hydrogen (secondary N) is 2. The molecule has 10 heteroatoms. The summed E-state index contributed by atoms with van der Waals surface area (Å²) in [7, 11) is 0. The first-order valence-corrected chi connectivity index (χ1v) is 15.3. The molecule has 0 aliphatic heterocycles. The zero-order valence-corrected chi connectivity index (χ0v) is 27.1. The lowest BCUT2D eigenvalue weighted by Crippen LogP contribution is -2.56. The summed E-state index contributed by atoms with van der Waals surface area (Å²) < 4.78 is 11.0. The van der Waals surface area contributed by atoms with Crippen LogP contribution in [0.5, 0.6) is 0 Å². The van der Waals surface area contributed by atoms with E-state index < -0.39 is 53.2 Å². The van der Waals surface area contributed by atoms with Gasteiger partial charge in [0.25, 0.3) is 0 Å². The van der Waals surface area contributed by atoms with E-state index in [9.17, 15) is 19.2 Å². The van der Waals surface area contributed by atoms with Crippen molar-refractivity contribution in [3.05, 3.63) is 71.3 Å². The number of amides is 3. The number of aryl methyl sites for hydroxylation is 1. The Bertz CT molecular complexity index is 1270. The predicted octanol–water partition coefficient (Wildman–Crippen LogP) is 4.92. The third-order valence-corrected chi connectivity index (χ3v) is 6.94. The smallest absolute Gasteiger partial charge is 0.408 e. The number of rotatable bonds is 11. The molecule has 1 aliphatic rings. The van der Waals surface area contributed by atoms with Gasteiger partial charge in [-0.3, -0.25) is 9.59 Å². The van der Waals surface area contributed by atoms with Crippen molar-refractivity contribution in [1.82, 2.24) is 15.5 Å². The van der Waals surface area contributed by atoms with Crippen LogP contribution in [0, 0.1) is 6.92 Å². The van der Waals surface area contributed by atoms with E-state index in [0.29, 0.717) is 18.4 Å². The molecule has 2 aromatic carbocycles. The molecule has 1 saturated carbocycles. The Morgan fingerprint density at radius 2 is 1.44 bits per heavy atom. The van der Waals surface area contributed by atoms with Crippen LogP contribution in [0.3, 0.4) is 0 Å². The SMILES string of the molecule is Cc1ccc(C(C(=O)NC(Cc2ccccc2)C(=O)OC(C)(C)C)N(C(=O)C(CS)NC(=O)OC(C)(C)C)C2CC2)cc1. The van der Waals surface area contributed by atoms with Crippen molar-refractivity contribution in [2.45, 2.75) is 103 Å².